The lowest BCUT2D eigenvalue weighted by atomic mass is 9.81. The van der Waals surface area contributed by atoms with E-state index in [-0.39, 0.29) is 22.8 Å². The van der Waals surface area contributed by atoms with Gasteiger partial charge in [-0.2, -0.15) is 5.10 Å². The molecule has 0 atom stereocenters. The first kappa shape index (κ1) is 15.6. The second-order valence-corrected chi connectivity index (χ2v) is 6.87. The zero-order chi connectivity index (χ0) is 15.7. The van der Waals surface area contributed by atoms with Crippen LogP contribution in [0, 0.1) is 5.82 Å². The van der Waals surface area contributed by atoms with E-state index in [0.717, 1.165) is 18.6 Å². The molecule has 1 saturated heterocycles. The topological polar surface area (TPSA) is 53.5 Å². The molecule has 1 aromatic carbocycles. The average Bonchev–Trinajstić information content (AvgIpc) is 2.33. The van der Waals surface area contributed by atoms with Gasteiger partial charge in [-0.3, -0.25) is 4.79 Å². The molecule has 0 unspecified atom stereocenters. The predicted molar refractivity (Wildman–Crippen MR) is 81.8 cm³/mol. The van der Waals surface area contributed by atoms with Crippen LogP contribution in [0.5, 0.6) is 0 Å². The van der Waals surface area contributed by atoms with Gasteiger partial charge in [-0.1, -0.05) is 0 Å². The number of hydrazone groups is 1. The van der Waals surface area contributed by atoms with E-state index in [1.54, 1.807) is 0 Å². The lowest BCUT2D eigenvalue weighted by Gasteiger charge is -2.43. The van der Waals surface area contributed by atoms with Gasteiger partial charge in [-0.25, -0.2) is 9.82 Å². The van der Waals surface area contributed by atoms with Gasteiger partial charge in [0.15, 0.2) is 0 Å². The van der Waals surface area contributed by atoms with Crippen LogP contribution in [0.3, 0.4) is 0 Å². The van der Waals surface area contributed by atoms with Crippen molar-refractivity contribution in [2.75, 3.05) is 0 Å². The van der Waals surface area contributed by atoms with Gasteiger partial charge >= 0.3 is 0 Å². The summed E-state index contributed by atoms with van der Waals surface area (Å²) in [4.78, 5) is 12.0. The standard InChI is InChI=1S/C16H22FN3O/c1-15(2)9-13(10-16(3,4)20-15)18-19-14(21)11-5-7-12(17)8-6-11/h5-8,20H,9-10H2,1-4H3,(H,19,21). The molecule has 0 radical (unpaired) electrons. The van der Waals surface area contributed by atoms with E-state index < -0.39 is 0 Å². The minimum Gasteiger partial charge on any atom is -0.306 e. The molecule has 4 nitrogen and oxygen atoms in total. The molecule has 1 aromatic rings. The molecule has 0 aromatic heterocycles. The molecule has 0 bridgehead atoms. The van der Waals surface area contributed by atoms with Crippen molar-refractivity contribution >= 4 is 11.6 Å². The van der Waals surface area contributed by atoms with Crippen molar-refractivity contribution in [1.29, 1.82) is 0 Å². The number of benzene rings is 1. The number of hydrogen-bond acceptors (Lipinski definition) is 3. The van der Waals surface area contributed by atoms with E-state index in [1.165, 1.54) is 24.3 Å². The van der Waals surface area contributed by atoms with Crippen molar-refractivity contribution in [3.8, 4) is 0 Å². The summed E-state index contributed by atoms with van der Waals surface area (Å²) < 4.78 is 12.8. The summed E-state index contributed by atoms with van der Waals surface area (Å²) in [5.41, 5.74) is 3.81. The first-order valence-electron chi connectivity index (χ1n) is 7.08. The Kier molecular flexibility index (Phi) is 4.14. The predicted octanol–water partition coefficient (Wildman–Crippen LogP) is 2.85. The highest BCUT2D eigenvalue weighted by Gasteiger charge is 2.35. The molecule has 0 spiro atoms. The molecule has 114 valence electrons. The highest BCUT2D eigenvalue weighted by atomic mass is 19.1. The number of piperidine rings is 1. The Morgan fingerprint density at radius 2 is 1.67 bits per heavy atom. The van der Waals surface area contributed by atoms with E-state index in [9.17, 15) is 9.18 Å². The lowest BCUT2D eigenvalue weighted by molar-refractivity contribution is 0.0953. The molecular formula is C16H22FN3O. The zero-order valence-electron chi connectivity index (χ0n) is 13.0. The third-order valence-electron chi connectivity index (χ3n) is 3.39. The molecule has 0 aliphatic carbocycles. The summed E-state index contributed by atoms with van der Waals surface area (Å²) in [5, 5.41) is 7.81. The molecule has 1 fully saturated rings. The monoisotopic (exact) mass is 291 g/mol. The molecule has 0 saturated carbocycles. The van der Waals surface area contributed by atoms with E-state index in [2.05, 4.69) is 43.5 Å². The number of carbonyl (C=O) groups is 1. The smallest absolute Gasteiger partial charge is 0.271 e. The van der Waals surface area contributed by atoms with Gasteiger partial charge in [0, 0.05) is 35.2 Å². The Hall–Kier alpha value is -1.75. The summed E-state index contributed by atoms with van der Waals surface area (Å²) in [5.74, 6) is -0.684. The van der Waals surface area contributed by atoms with Crippen LogP contribution in [-0.2, 0) is 0 Å². The van der Waals surface area contributed by atoms with Crippen molar-refractivity contribution < 1.29 is 9.18 Å². The fraction of sp³-hybridized carbons (Fsp3) is 0.500. The second-order valence-electron chi connectivity index (χ2n) is 6.87. The minimum absolute atomic E-state index is 0.0544. The molecule has 5 heteroatoms. The SMILES string of the molecule is CC1(C)CC(=NNC(=O)c2ccc(F)cc2)CC(C)(C)N1. The quantitative estimate of drug-likeness (QED) is 0.823. The zero-order valence-corrected chi connectivity index (χ0v) is 13.0. The van der Waals surface area contributed by atoms with Crippen molar-refractivity contribution in [3.05, 3.63) is 35.6 Å². The normalized spacial score (nSPS) is 20.0. The molecule has 1 aliphatic rings. The molecule has 2 N–H and O–H groups in total. The maximum Gasteiger partial charge on any atom is 0.271 e. The van der Waals surface area contributed by atoms with Crippen LogP contribution in [0.2, 0.25) is 0 Å². The number of amides is 1. The van der Waals surface area contributed by atoms with Gasteiger partial charge in [-0.05, 0) is 52.0 Å². The second kappa shape index (κ2) is 5.56. The van der Waals surface area contributed by atoms with Gasteiger partial charge in [-0.15, -0.1) is 0 Å². The highest BCUT2D eigenvalue weighted by molar-refractivity contribution is 5.95. The molecule has 21 heavy (non-hydrogen) atoms. The maximum atomic E-state index is 12.8. The van der Waals surface area contributed by atoms with Crippen LogP contribution in [-0.4, -0.2) is 22.7 Å². The largest absolute Gasteiger partial charge is 0.306 e. The van der Waals surface area contributed by atoms with Gasteiger partial charge in [0.25, 0.3) is 5.91 Å². The van der Waals surface area contributed by atoms with E-state index in [0.29, 0.717) is 5.56 Å². The van der Waals surface area contributed by atoms with Crippen molar-refractivity contribution in [2.24, 2.45) is 5.10 Å². The Bertz CT molecular complexity index is 543. The number of carbonyl (C=O) groups excluding carboxylic acids is 1. The van der Waals surface area contributed by atoms with Crippen molar-refractivity contribution in [3.63, 3.8) is 0 Å². The highest BCUT2D eigenvalue weighted by Crippen LogP contribution is 2.26. The number of nitrogens with one attached hydrogen (secondary N) is 2. The van der Waals surface area contributed by atoms with Crippen LogP contribution in [0.4, 0.5) is 4.39 Å². The van der Waals surface area contributed by atoms with Crippen LogP contribution in [0.25, 0.3) is 0 Å². The van der Waals surface area contributed by atoms with Gasteiger partial charge in [0.05, 0.1) is 0 Å². The average molecular weight is 291 g/mol. The van der Waals surface area contributed by atoms with Gasteiger partial charge in [0.2, 0.25) is 0 Å². The third kappa shape index (κ3) is 4.36. The van der Waals surface area contributed by atoms with Gasteiger partial charge < -0.3 is 5.32 Å². The summed E-state index contributed by atoms with van der Waals surface area (Å²) in [6, 6.07) is 5.42. The first-order chi connectivity index (χ1) is 9.67. The molecule has 1 amide bonds. The Morgan fingerprint density at radius 3 is 2.19 bits per heavy atom. The Labute approximate surface area is 124 Å². The minimum atomic E-state index is -0.361. The van der Waals surface area contributed by atoms with Gasteiger partial charge in [0.1, 0.15) is 5.82 Å². The van der Waals surface area contributed by atoms with Crippen LogP contribution < -0.4 is 10.7 Å². The first-order valence-corrected chi connectivity index (χ1v) is 7.08. The molecular weight excluding hydrogens is 269 g/mol. The Morgan fingerprint density at radius 1 is 1.14 bits per heavy atom. The van der Waals surface area contributed by atoms with E-state index >= 15 is 0 Å². The molecule has 2 rings (SSSR count). The van der Waals surface area contributed by atoms with E-state index in [1.807, 2.05) is 0 Å². The van der Waals surface area contributed by atoms with Crippen molar-refractivity contribution in [1.82, 2.24) is 10.7 Å². The fourth-order valence-electron chi connectivity index (χ4n) is 2.96. The number of hydrogen-bond donors (Lipinski definition) is 2. The van der Waals surface area contributed by atoms with E-state index in [4.69, 9.17) is 0 Å². The third-order valence-corrected chi connectivity index (χ3v) is 3.39. The van der Waals surface area contributed by atoms with Crippen LogP contribution in [0.15, 0.2) is 29.4 Å². The van der Waals surface area contributed by atoms with Crippen LogP contribution in [0.1, 0.15) is 50.9 Å². The summed E-state index contributed by atoms with van der Waals surface area (Å²) in [7, 11) is 0. The summed E-state index contributed by atoms with van der Waals surface area (Å²) in [6.45, 7) is 8.47. The summed E-state index contributed by atoms with van der Waals surface area (Å²) in [6.07, 6.45) is 1.56. The Balaban J connectivity index is 2.06. The number of halogens is 1. The lowest BCUT2D eigenvalue weighted by Crippen LogP contribution is -2.58. The number of rotatable bonds is 2. The number of nitrogens with zero attached hydrogens (tertiary/aromatic N) is 1. The fourth-order valence-corrected chi connectivity index (χ4v) is 2.96. The summed E-state index contributed by atoms with van der Waals surface area (Å²) >= 11 is 0. The molecule has 1 aliphatic heterocycles. The van der Waals surface area contributed by atoms with Crippen LogP contribution >= 0.6 is 0 Å². The van der Waals surface area contributed by atoms with Crippen molar-refractivity contribution in [2.45, 2.75) is 51.6 Å². The maximum absolute atomic E-state index is 12.8. The molecule has 1 heterocycles.